The number of halogens is 1. The lowest BCUT2D eigenvalue weighted by Crippen LogP contribution is -2.21. The Morgan fingerprint density at radius 1 is 1.07 bits per heavy atom. The second-order valence-electron chi connectivity index (χ2n) is 6.04. The van der Waals surface area contributed by atoms with Gasteiger partial charge in [0, 0.05) is 5.56 Å². The van der Waals surface area contributed by atoms with Crippen molar-refractivity contribution in [1.82, 2.24) is 19.5 Å². The van der Waals surface area contributed by atoms with E-state index in [2.05, 4.69) is 15.0 Å². The van der Waals surface area contributed by atoms with E-state index in [1.54, 1.807) is 6.07 Å². The van der Waals surface area contributed by atoms with Gasteiger partial charge in [-0.2, -0.15) is 0 Å². The van der Waals surface area contributed by atoms with E-state index in [1.807, 2.05) is 0 Å². The van der Waals surface area contributed by atoms with Crippen LogP contribution in [0.15, 0.2) is 53.3 Å². The molecular formula is C19H11FN5O4-. The Labute approximate surface area is 161 Å². The molecule has 4 rings (SSSR count). The van der Waals surface area contributed by atoms with Crippen LogP contribution in [-0.2, 0) is 0 Å². The average Bonchev–Trinajstić information content (AvgIpc) is 3.03. The van der Waals surface area contributed by atoms with Gasteiger partial charge in [0.25, 0.3) is 5.91 Å². The molecule has 0 aliphatic carbocycles. The van der Waals surface area contributed by atoms with Crippen LogP contribution in [0.2, 0.25) is 0 Å². The number of aromatic amines is 1. The Kier molecular flexibility index (Phi) is 4.15. The number of carbonyl (C=O) groups is 2. The summed E-state index contributed by atoms with van der Waals surface area (Å²) in [5, 5.41) is 10.9. The molecule has 1 amide bonds. The summed E-state index contributed by atoms with van der Waals surface area (Å²) in [6.45, 7) is 0. The molecule has 0 saturated carbocycles. The number of nitrogens with one attached hydrogen (secondary N) is 1. The van der Waals surface area contributed by atoms with Gasteiger partial charge >= 0.3 is 5.69 Å². The molecule has 2 aromatic heterocycles. The van der Waals surface area contributed by atoms with Crippen molar-refractivity contribution in [3.63, 3.8) is 0 Å². The number of hydrogen-bond acceptors (Lipinski definition) is 6. The predicted molar refractivity (Wildman–Crippen MR) is 97.7 cm³/mol. The van der Waals surface area contributed by atoms with Crippen LogP contribution < -0.4 is 16.5 Å². The molecule has 0 unspecified atom stereocenters. The van der Waals surface area contributed by atoms with Gasteiger partial charge in [-0.25, -0.2) is 23.7 Å². The average molecular weight is 392 g/mol. The topological polar surface area (TPSA) is 147 Å². The number of carbonyl (C=O) groups excluding carboxylic acids is 2. The first-order valence-corrected chi connectivity index (χ1v) is 8.26. The second-order valence-corrected chi connectivity index (χ2v) is 6.04. The van der Waals surface area contributed by atoms with Gasteiger partial charge in [-0.3, -0.25) is 4.79 Å². The van der Waals surface area contributed by atoms with E-state index in [0.29, 0.717) is 5.56 Å². The standard InChI is InChI=1S/C19H12FN5O4/c20-11-3-1-2-4-12(11)25-17-14(23-19(25)29)13(15(21)26)22-16(24-17)9-5-7-10(8-6-9)18(27)28/h1-8H,(H2,21,26)(H,23,29)(H,27,28)/p-1. The summed E-state index contributed by atoms with van der Waals surface area (Å²) in [4.78, 5) is 46.1. The maximum atomic E-state index is 14.3. The molecule has 0 aliphatic heterocycles. The van der Waals surface area contributed by atoms with Gasteiger partial charge in [-0.15, -0.1) is 0 Å². The van der Waals surface area contributed by atoms with Crippen LogP contribution in [0.1, 0.15) is 20.8 Å². The summed E-state index contributed by atoms with van der Waals surface area (Å²) in [6.07, 6.45) is 0. The largest absolute Gasteiger partial charge is 0.545 e. The number of carboxylic acid groups (broad SMARTS) is 1. The van der Waals surface area contributed by atoms with Gasteiger partial charge in [0.05, 0.1) is 11.7 Å². The number of imidazole rings is 1. The number of aromatic nitrogens is 4. The van der Waals surface area contributed by atoms with E-state index in [1.165, 1.54) is 42.5 Å². The zero-order valence-electron chi connectivity index (χ0n) is 14.5. The molecular weight excluding hydrogens is 381 g/mol. The fourth-order valence-electron chi connectivity index (χ4n) is 2.90. The quantitative estimate of drug-likeness (QED) is 0.513. The molecule has 144 valence electrons. The Morgan fingerprint density at radius 2 is 1.76 bits per heavy atom. The lowest BCUT2D eigenvalue weighted by atomic mass is 10.1. The van der Waals surface area contributed by atoms with Gasteiger partial charge in [-0.1, -0.05) is 36.4 Å². The molecule has 0 saturated heterocycles. The molecule has 2 heterocycles. The number of fused-ring (bicyclic) bond motifs is 1. The fraction of sp³-hybridized carbons (Fsp3) is 0. The number of nitrogens with two attached hydrogens (primary N) is 1. The summed E-state index contributed by atoms with van der Waals surface area (Å²) in [5.41, 5.74) is 4.53. The van der Waals surface area contributed by atoms with Crippen molar-refractivity contribution in [3.05, 3.63) is 76.1 Å². The van der Waals surface area contributed by atoms with Crippen LogP contribution in [0.25, 0.3) is 28.2 Å². The van der Waals surface area contributed by atoms with Crippen molar-refractivity contribution in [2.24, 2.45) is 5.73 Å². The number of primary amides is 1. The fourth-order valence-corrected chi connectivity index (χ4v) is 2.90. The van der Waals surface area contributed by atoms with Gasteiger partial charge in [0.1, 0.15) is 11.3 Å². The number of carboxylic acids is 1. The highest BCUT2D eigenvalue weighted by Crippen LogP contribution is 2.23. The van der Waals surface area contributed by atoms with Crippen LogP contribution in [0, 0.1) is 5.82 Å². The number of para-hydroxylation sites is 1. The van der Waals surface area contributed by atoms with Crippen LogP contribution in [0.5, 0.6) is 0 Å². The third-order valence-corrected chi connectivity index (χ3v) is 4.24. The van der Waals surface area contributed by atoms with Crippen LogP contribution in [-0.4, -0.2) is 31.4 Å². The van der Waals surface area contributed by atoms with E-state index < -0.39 is 23.4 Å². The first-order valence-electron chi connectivity index (χ1n) is 8.26. The monoisotopic (exact) mass is 392 g/mol. The Balaban J connectivity index is 2.02. The van der Waals surface area contributed by atoms with E-state index in [4.69, 9.17) is 5.73 Å². The van der Waals surface area contributed by atoms with Gasteiger partial charge < -0.3 is 20.6 Å². The number of nitrogens with zero attached hydrogens (tertiary/aromatic N) is 3. The Morgan fingerprint density at radius 3 is 2.38 bits per heavy atom. The number of H-pyrrole nitrogens is 1. The molecule has 4 aromatic rings. The molecule has 2 aromatic carbocycles. The highest BCUT2D eigenvalue weighted by molar-refractivity contribution is 6.02. The van der Waals surface area contributed by atoms with Crippen LogP contribution in [0.4, 0.5) is 4.39 Å². The zero-order valence-corrected chi connectivity index (χ0v) is 14.5. The van der Waals surface area contributed by atoms with Crippen molar-refractivity contribution in [3.8, 4) is 17.1 Å². The van der Waals surface area contributed by atoms with E-state index in [0.717, 1.165) is 4.57 Å². The predicted octanol–water partition coefficient (Wildman–Crippen LogP) is 0.377. The highest BCUT2D eigenvalue weighted by Gasteiger charge is 2.21. The van der Waals surface area contributed by atoms with Gasteiger partial charge in [0.15, 0.2) is 17.2 Å². The molecule has 9 nitrogen and oxygen atoms in total. The molecule has 3 N–H and O–H groups in total. The lowest BCUT2D eigenvalue weighted by Gasteiger charge is -2.08. The summed E-state index contributed by atoms with van der Waals surface area (Å²) in [5.74, 6) is -2.95. The summed E-state index contributed by atoms with van der Waals surface area (Å²) >= 11 is 0. The van der Waals surface area contributed by atoms with Crippen molar-refractivity contribution in [2.75, 3.05) is 0 Å². The van der Waals surface area contributed by atoms with Crippen molar-refractivity contribution in [2.45, 2.75) is 0 Å². The Hall–Kier alpha value is -4.34. The highest BCUT2D eigenvalue weighted by atomic mass is 19.1. The minimum Gasteiger partial charge on any atom is -0.545 e. The molecule has 0 bridgehead atoms. The zero-order chi connectivity index (χ0) is 20.7. The number of rotatable bonds is 4. The number of aromatic carboxylic acids is 1. The first-order chi connectivity index (χ1) is 13.9. The maximum absolute atomic E-state index is 14.3. The molecule has 10 heteroatoms. The molecule has 0 aliphatic rings. The third kappa shape index (κ3) is 3.02. The SMILES string of the molecule is NC(=O)c1nc(-c2ccc(C(=O)[O-])cc2)nc2c1[nH]c(=O)n2-c1ccccc1F. The molecule has 0 atom stereocenters. The Bertz CT molecular complexity index is 1340. The number of benzene rings is 2. The van der Waals surface area contributed by atoms with E-state index in [-0.39, 0.29) is 33.9 Å². The van der Waals surface area contributed by atoms with E-state index in [9.17, 15) is 23.9 Å². The maximum Gasteiger partial charge on any atom is 0.332 e. The lowest BCUT2D eigenvalue weighted by molar-refractivity contribution is -0.255. The smallest absolute Gasteiger partial charge is 0.332 e. The third-order valence-electron chi connectivity index (χ3n) is 4.24. The summed E-state index contributed by atoms with van der Waals surface area (Å²) in [7, 11) is 0. The van der Waals surface area contributed by atoms with Gasteiger partial charge in [0.2, 0.25) is 0 Å². The van der Waals surface area contributed by atoms with Gasteiger partial charge in [-0.05, 0) is 17.7 Å². The second kappa shape index (κ2) is 6.68. The van der Waals surface area contributed by atoms with Crippen LogP contribution >= 0.6 is 0 Å². The van der Waals surface area contributed by atoms with Crippen molar-refractivity contribution < 1.29 is 19.1 Å². The normalized spacial score (nSPS) is 10.9. The van der Waals surface area contributed by atoms with E-state index >= 15 is 0 Å². The summed E-state index contributed by atoms with van der Waals surface area (Å²) < 4.78 is 15.3. The first kappa shape index (κ1) is 18.0. The number of hydrogen-bond donors (Lipinski definition) is 2. The van der Waals surface area contributed by atoms with Crippen molar-refractivity contribution >= 4 is 23.0 Å². The minimum absolute atomic E-state index is 0.000266. The van der Waals surface area contributed by atoms with Crippen LogP contribution in [0.3, 0.4) is 0 Å². The molecule has 0 radical (unpaired) electrons. The van der Waals surface area contributed by atoms with Crippen molar-refractivity contribution in [1.29, 1.82) is 0 Å². The molecule has 29 heavy (non-hydrogen) atoms. The number of amides is 1. The molecule has 0 fully saturated rings. The molecule has 0 spiro atoms. The minimum atomic E-state index is -1.36. The summed E-state index contributed by atoms with van der Waals surface area (Å²) in [6, 6.07) is 10.9.